The molecule has 2 aromatic carbocycles. The fraction of sp³-hybridized carbons (Fsp3) is 0.286. The molecule has 16 heavy (non-hydrogen) atoms. The Hall–Kier alpha value is -1.57. The van der Waals surface area contributed by atoms with Crippen LogP contribution in [-0.2, 0) is 0 Å². The Balaban J connectivity index is 1.99. The zero-order valence-corrected chi connectivity index (χ0v) is 9.04. The number of anilines is 1. The quantitative estimate of drug-likeness (QED) is 0.821. The van der Waals surface area contributed by atoms with E-state index in [1.165, 1.54) is 18.9 Å². The fourth-order valence-electron chi connectivity index (χ4n) is 1.99. The van der Waals surface area contributed by atoms with Gasteiger partial charge in [-0.15, -0.1) is 0 Å². The molecule has 1 fully saturated rings. The number of hydrogen-bond donors (Lipinski definition) is 1. The van der Waals surface area contributed by atoms with Crippen LogP contribution in [0.4, 0.5) is 10.1 Å². The third-order valence-corrected chi connectivity index (χ3v) is 3.15. The smallest absolute Gasteiger partial charge is 0.131 e. The van der Waals surface area contributed by atoms with Crippen molar-refractivity contribution < 1.29 is 4.39 Å². The van der Waals surface area contributed by atoms with E-state index in [2.05, 4.69) is 5.32 Å². The molecule has 1 aliphatic carbocycles. The van der Waals surface area contributed by atoms with Gasteiger partial charge in [0.2, 0.25) is 0 Å². The van der Waals surface area contributed by atoms with Gasteiger partial charge in [0.25, 0.3) is 0 Å². The lowest BCUT2D eigenvalue weighted by atomic mass is 10.1. The molecule has 3 rings (SSSR count). The third kappa shape index (κ3) is 1.75. The van der Waals surface area contributed by atoms with E-state index >= 15 is 0 Å². The predicted molar refractivity (Wildman–Crippen MR) is 65.1 cm³/mol. The van der Waals surface area contributed by atoms with E-state index < -0.39 is 0 Å². The van der Waals surface area contributed by atoms with Crippen LogP contribution in [0, 0.1) is 11.7 Å². The Bertz CT molecular complexity index is 517. The van der Waals surface area contributed by atoms with Gasteiger partial charge in [-0.25, -0.2) is 4.39 Å². The molecule has 2 aromatic rings. The lowest BCUT2D eigenvalue weighted by molar-refractivity contribution is 0.640. The second-order valence-electron chi connectivity index (χ2n) is 4.46. The highest BCUT2D eigenvalue weighted by atomic mass is 19.1. The lowest BCUT2D eigenvalue weighted by Gasteiger charge is -2.09. The Morgan fingerprint density at radius 2 is 1.81 bits per heavy atom. The van der Waals surface area contributed by atoms with E-state index in [9.17, 15) is 4.39 Å². The number of benzene rings is 2. The monoisotopic (exact) mass is 215 g/mol. The topological polar surface area (TPSA) is 12.0 Å². The number of hydrogen-bond acceptors (Lipinski definition) is 1. The standard InChI is InChI=1S/C14H14FN/c15-13-7-8-14(16-9-10-5-6-10)12-4-2-1-3-11(12)13/h1-4,7-8,10,16H,5-6,9H2. The molecule has 2 heteroatoms. The summed E-state index contributed by atoms with van der Waals surface area (Å²) in [5.41, 5.74) is 1.05. The third-order valence-electron chi connectivity index (χ3n) is 3.15. The van der Waals surface area contributed by atoms with Crippen LogP contribution in [0.1, 0.15) is 12.8 Å². The number of fused-ring (bicyclic) bond motifs is 1. The normalized spacial score (nSPS) is 15.3. The van der Waals surface area contributed by atoms with Gasteiger partial charge in [0.1, 0.15) is 5.82 Å². The van der Waals surface area contributed by atoms with Crippen molar-refractivity contribution in [1.29, 1.82) is 0 Å². The molecule has 0 amide bonds. The molecular weight excluding hydrogens is 201 g/mol. The van der Waals surface area contributed by atoms with Crippen LogP contribution in [0.3, 0.4) is 0 Å². The van der Waals surface area contributed by atoms with Crippen LogP contribution in [-0.4, -0.2) is 6.54 Å². The first-order chi connectivity index (χ1) is 7.84. The zero-order chi connectivity index (χ0) is 11.0. The van der Waals surface area contributed by atoms with Gasteiger partial charge in [-0.3, -0.25) is 0 Å². The molecule has 0 heterocycles. The highest BCUT2D eigenvalue weighted by molar-refractivity contribution is 5.94. The average molecular weight is 215 g/mol. The summed E-state index contributed by atoms with van der Waals surface area (Å²) in [5, 5.41) is 5.08. The maximum absolute atomic E-state index is 13.5. The molecule has 0 spiro atoms. The number of nitrogens with one attached hydrogen (secondary N) is 1. The lowest BCUT2D eigenvalue weighted by Crippen LogP contribution is -2.03. The van der Waals surface area contributed by atoms with E-state index in [0.717, 1.165) is 23.5 Å². The van der Waals surface area contributed by atoms with E-state index in [1.807, 2.05) is 30.3 Å². The van der Waals surface area contributed by atoms with Gasteiger partial charge in [0.05, 0.1) is 0 Å². The predicted octanol–water partition coefficient (Wildman–Crippen LogP) is 3.80. The van der Waals surface area contributed by atoms with Crippen LogP contribution in [0.25, 0.3) is 10.8 Å². The SMILES string of the molecule is Fc1ccc(NCC2CC2)c2ccccc12. The average Bonchev–Trinajstić information content (AvgIpc) is 3.13. The summed E-state index contributed by atoms with van der Waals surface area (Å²) >= 11 is 0. The van der Waals surface area contributed by atoms with Crippen molar-refractivity contribution in [2.75, 3.05) is 11.9 Å². The minimum atomic E-state index is -0.146. The second-order valence-corrected chi connectivity index (χ2v) is 4.46. The summed E-state index contributed by atoms with van der Waals surface area (Å²) in [4.78, 5) is 0. The summed E-state index contributed by atoms with van der Waals surface area (Å²) in [6, 6.07) is 11.0. The molecule has 0 aliphatic heterocycles. The van der Waals surface area contributed by atoms with Gasteiger partial charge < -0.3 is 5.32 Å². The van der Waals surface area contributed by atoms with Gasteiger partial charge in [0.15, 0.2) is 0 Å². The van der Waals surface area contributed by atoms with Crippen LogP contribution in [0.15, 0.2) is 36.4 Å². The van der Waals surface area contributed by atoms with Crippen molar-refractivity contribution >= 4 is 16.5 Å². The van der Waals surface area contributed by atoms with Gasteiger partial charge in [-0.2, -0.15) is 0 Å². The molecule has 0 aromatic heterocycles. The molecule has 0 saturated heterocycles. The van der Waals surface area contributed by atoms with Crippen LogP contribution in [0.2, 0.25) is 0 Å². The molecule has 1 nitrogen and oxygen atoms in total. The highest BCUT2D eigenvalue weighted by Gasteiger charge is 2.20. The number of rotatable bonds is 3. The van der Waals surface area contributed by atoms with Crippen LogP contribution < -0.4 is 5.32 Å². The summed E-state index contributed by atoms with van der Waals surface area (Å²) in [7, 11) is 0. The summed E-state index contributed by atoms with van der Waals surface area (Å²) in [5.74, 6) is 0.677. The molecule has 82 valence electrons. The molecule has 0 bridgehead atoms. The fourth-order valence-corrected chi connectivity index (χ4v) is 1.99. The minimum Gasteiger partial charge on any atom is -0.384 e. The molecule has 0 radical (unpaired) electrons. The van der Waals surface area contributed by atoms with Crippen LogP contribution in [0.5, 0.6) is 0 Å². The minimum absolute atomic E-state index is 0.146. The Labute approximate surface area is 94.3 Å². The highest BCUT2D eigenvalue weighted by Crippen LogP contribution is 2.31. The first-order valence-electron chi connectivity index (χ1n) is 5.76. The maximum atomic E-state index is 13.5. The van der Waals surface area contributed by atoms with E-state index in [-0.39, 0.29) is 5.82 Å². The van der Waals surface area contributed by atoms with Gasteiger partial charge in [0, 0.05) is 23.0 Å². The summed E-state index contributed by atoms with van der Waals surface area (Å²) < 4.78 is 13.5. The first kappa shape index (κ1) is 9.64. The number of halogens is 1. The molecule has 1 saturated carbocycles. The largest absolute Gasteiger partial charge is 0.384 e. The molecule has 0 unspecified atom stereocenters. The summed E-state index contributed by atoms with van der Waals surface area (Å²) in [6.07, 6.45) is 2.65. The van der Waals surface area contributed by atoms with Crippen molar-refractivity contribution in [2.45, 2.75) is 12.8 Å². The van der Waals surface area contributed by atoms with Crippen molar-refractivity contribution in [2.24, 2.45) is 5.92 Å². The van der Waals surface area contributed by atoms with E-state index in [1.54, 1.807) is 0 Å². The van der Waals surface area contributed by atoms with Crippen molar-refractivity contribution in [3.8, 4) is 0 Å². The van der Waals surface area contributed by atoms with E-state index in [0.29, 0.717) is 5.39 Å². The maximum Gasteiger partial charge on any atom is 0.131 e. The molecular formula is C14H14FN. The zero-order valence-electron chi connectivity index (χ0n) is 9.04. The molecule has 1 aliphatic rings. The Morgan fingerprint density at radius 1 is 1.06 bits per heavy atom. The van der Waals surface area contributed by atoms with Gasteiger partial charge in [-0.1, -0.05) is 24.3 Å². The van der Waals surface area contributed by atoms with Crippen molar-refractivity contribution in [3.63, 3.8) is 0 Å². The Kier molecular flexibility index (Phi) is 2.28. The van der Waals surface area contributed by atoms with Gasteiger partial charge in [-0.05, 0) is 30.9 Å². The van der Waals surface area contributed by atoms with Gasteiger partial charge >= 0.3 is 0 Å². The van der Waals surface area contributed by atoms with Crippen molar-refractivity contribution in [3.05, 3.63) is 42.2 Å². The van der Waals surface area contributed by atoms with Crippen LogP contribution >= 0.6 is 0 Å². The Morgan fingerprint density at radius 3 is 2.56 bits per heavy atom. The van der Waals surface area contributed by atoms with E-state index in [4.69, 9.17) is 0 Å². The second kappa shape index (κ2) is 3.78. The first-order valence-corrected chi connectivity index (χ1v) is 5.76. The molecule has 1 N–H and O–H groups in total. The molecule has 0 atom stereocenters. The van der Waals surface area contributed by atoms with Crippen molar-refractivity contribution in [1.82, 2.24) is 0 Å². The summed E-state index contributed by atoms with van der Waals surface area (Å²) in [6.45, 7) is 1.01.